The summed E-state index contributed by atoms with van der Waals surface area (Å²) in [6, 6.07) is 5.74. The zero-order chi connectivity index (χ0) is 13.0. The van der Waals surface area contributed by atoms with Gasteiger partial charge in [-0.25, -0.2) is 4.98 Å². The van der Waals surface area contributed by atoms with Gasteiger partial charge in [-0.1, -0.05) is 6.07 Å². The second kappa shape index (κ2) is 5.84. The first-order valence-electron chi connectivity index (χ1n) is 5.73. The number of anilines is 1. The molecule has 0 aliphatic rings. The van der Waals surface area contributed by atoms with Gasteiger partial charge in [-0.05, 0) is 18.6 Å². The summed E-state index contributed by atoms with van der Waals surface area (Å²) in [6.45, 7) is 3.56. The number of ether oxygens (including phenoxy) is 1. The molecule has 0 saturated heterocycles. The van der Waals surface area contributed by atoms with Gasteiger partial charge in [0.25, 0.3) is 0 Å². The minimum atomic E-state index is 0.731. The SMILES string of the molecule is COc1ccc(CNCc2ncc(C)s2)c(N)c1. The lowest BCUT2D eigenvalue weighted by Gasteiger charge is -2.08. The van der Waals surface area contributed by atoms with Crippen LogP contribution in [0.15, 0.2) is 24.4 Å². The number of nitrogens with one attached hydrogen (secondary N) is 1. The molecule has 5 heteroatoms. The topological polar surface area (TPSA) is 60.2 Å². The van der Waals surface area contributed by atoms with Crippen LogP contribution in [0.5, 0.6) is 5.75 Å². The molecule has 0 bridgehead atoms. The average molecular weight is 263 g/mol. The van der Waals surface area contributed by atoms with Crippen LogP contribution in [0.2, 0.25) is 0 Å². The zero-order valence-corrected chi connectivity index (χ0v) is 11.4. The fourth-order valence-corrected chi connectivity index (χ4v) is 2.40. The highest BCUT2D eigenvalue weighted by molar-refractivity contribution is 7.11. The standard InChI is InChI=1S/C13H17N3OS/c1-9-6-16-13(18-9)8-15-7-10-3-4-11(17-2)5-12(10)14/h3-6,15H,7-8,14H2,1-2H3. The number of benzene rings is 1. The molecule has 1 heterocycles. The van der Waals surface area contributed by atoms with Gasteiger partial charge < -0.3 is 15.8 Å². The van der Waals surface area contributed by atoms with Gasteiger partial charge in [0, 0.05) is 35.9 Å². The van der Waals surface area contributed by atoms with E-state index in [4.69, 9.17) is 10.5 Å². The van der Waals surface area contributed by atoms with Gasteiger partial charge in [-0.2, -0.15) is 0 Å². The third kappa shape index (κ3) is 3.21. The van der Waals surface area contributed by atoms with Crippen molar-refractivity contribution in [3.05, 3.63) is 39.8 Å². The first kappa shape index (κ1) is 12.9. The average Bonchev–Trinajstić information content (AvgIpc) is 2.77. The molecule has 2 rings (SSSR count). The summed E-state index contributed by atoms with van der Waals surface area (Å²) in [5.74, 6) is 0.784. The summed E-state index contributed by atoms with van der Waals surface area (Å²) in [5, 5.41) is 4.43. The molecule has 0 radical (unpaired) electrons. The third-order valence-electron chi connectivity index (χ3n) is 2.61. The van der Waals surface area contributed by atoms with Gasteiger partial charge in [0.05, 0.1) is 7.11 Å². The summed E-state index contributed by atoms with van der Waals surface area (Å²) in [6.07, 6.45) is 1.89. The Kier molecular flexibility index (Phi) is 4.17. The Hall–Kier alpha value is -1.59. The summed E-state index contributed by atoms with van der Waals surface area (Å²) in [5.41, 5.74) is 7.77. The Morgan fingerprint density at radius 1 is 1.39 bits per heavy atom. The van der Waals surface area contributed by atoms with E-state index >= 15 is 0 Å². The molecule has 2 aromatic rings. The molecule has 0 atom stereocenters. The lowest BCUT2D eigenvalue weighted by atomic mass is 10.1. The fourth-order valence-electron chi connectivity index (χ4n) is 1.65. The molecule has 0 aliphatic heterocycles. The maximum absolute atomic E-state index is 5.95. The van der Waals surface area contributed by atoms with E-state index in [0.29, 0.717) is 0 Å². The summed E-state index contributed by atoms with van der Waals surface area (Å²) < 4.78 is 5.12. The van der Waals surface area contributed by atoms with Crippen LogP contribution in [0, 0.1) is 6.92 Å². The molecule has 0 spiro atoms. The van der Waals surface area contributed by atoms with E-state index in [1.54, 1.807) is 18.4 Å². The highest BCUT2D eigenvalue weighted by atomic mass is 32.1. The van der Waals surface area contributed by atoms with Crippen molar-refractivity contribution in [1.82, 2.24) is 10.3 Å². The minimum absolute atomic E-state index is 0.731. The quantitative estimate of drug-likeness (QED) is 0.813. The van der Waals surface area contributed by atoms with Gasteiger partial charge in [0.1, 0.15) is 10.8 Å². The normalized spacial score (nSPS) is 10.6. The number of thiazole rings is 1. The zero-order valence-electron chi connectivity index (χ0n) is 10.6. The number of aromatic nitrogens is 1. The van der Waals surface area contributed by atoms with Crippen molar-refractivity contribution < 1.29 is 4.74 Å². The van der Waals surface area contributed by atoms with Crippen LogP contribution in [0.25, 0.3) is 0 Å². The number of hydrogen-bond acceptors (Lipinski definition) is 5. The lowest BCUT2D eigenvalue weighted by molar-refractivity contribution is 0.415. The molecule has 0 fully saturated rings. The van der Waals surface area contributed by atoms with E-state index in [0.717, 1.165) is 35.1 Å². The number of nitrogens with two attached hydrogens (primary N) is 1. The summed E-state index contributed by atoms with van der Waals surface area (Å²) in [4.78, 5) is 5.53. The first-order chi connectivity index (χ1) is 8.69. The van der Waals surface area contributed by atoms with E-state index in [2.05, 4.69) is 17.2 Å². The Morgan fingerprint density at radius 3 is 2.83 bits per heavy atom. The number of methoxy groups -OCH3 is 1. The molecule has 96 valence electrons. The van der Waals surface area contributed by atoms with Crippen LogP contribution >= 0.6 is 11.3 Å². The Bertz CT molecular complexity index is 525. The first-order valence-corrected chi connectivity index (χ1v) is 6.55. The molecule has 0 saturated carbocycles. The maximum Gasteiger partial charge on any atom is 0.120 e. The summed E-state index contributed by atoms with van der Waals surface area (Å²) >= 11 is 1.71. The van der Waals surface area contributed by atoms with Crippen molar-refractivity contribution in [3.63, 3.8) is 0 Å². The van der Waals surface area contributed by atoms with Crippen LogP contribution in [-0.2, 0) is 13.1 Å². The second-order valence-electron chi connectivity index (χ2n) is 4.03. The second-order valence-corrected chi connectivity index (χ2v) is 5.35. The molecule has 0 unspecified atom stereocenters. The van der Waals surface area contributed by atoms with Crippen molar-refractivity contribution in [2.24, 2.45) is 0 Å². The smallest absolute Gasteiger partial charge is 0.120 e. The monoisotopic (exact) mass is 263 g/mol. The molecule has 3 N–H and O–H groups in total. The number of aryl methyl sites for hydroxylation is 1. The maximum atomic E-state index is 5.95. The predicted molar refractivity (Wildman–Crippen MR) is 74.8 cm³/mol. The number of nitrogen functional groups attached to an aromatic ring is 1. The van der Waals surface area contributed by atoms with Gasteiger partial charge in [-0.3, -0.25) is 0 Å². The molecule has 18 heavy (non-hydrogen) atoms. The molecule has 4 nitrogen and oxygen atoms in total. The van der Waals surface area contributed by atoms with Crippen LogP contribution in [-0.4, -0.2) is 12.1 Å². The molecular weight excluding hydrogens is 246 g/mol. The van der Waals surface area contributed by atoms with E-state index in [9.17, 15) is 0 Å². The van der Waals surface area contributed by atoms with Crippen LogP contribution in [0.4, 0.5) is 5.69 Å². The molecule has 0 aliphatic carbocycles. The third-order valence-corrected chi connectivity index (χ3v) is 3.53. The predicted octanol–water partition coefficient (Wildman–Crippen LogP) is 2.33. The van der Waals surface area contributed by atoms with E-state index in [-0.39, 0.29) is 0 Å². The van der Waals surface area contributed by atoms with Gasteiger partial charge in [-0.15, -0.1) is 11.3 Å². The molecule has 1 aromatic carbocycles. The highest BCUT2D eigenvalue weighted by Crippen LogP contribution is 2.19. The molecule has 1 aromatic heterocycles. The van der Waals surface area contributed by atoms with Crippen molar-refractivity contribution in [2.75, 3.05) is 12.8 Å². The molecule has 0 amide bonds. The Labute approximate surface area is 111 Å². The van der Waals surface area contributed by atoms with Crippen molar-refractivity contribution in [1.29, 1.82) is 0 Å². The number of nitrogens with zero attached hydrogens (tertiary/aromatic N) is 1. The highest BCUT2D eigenvalue weighted by Gasteiger charge is 2.02. The number of hydrogen-bond donors (Lipinski definition) is 2. The largest absolute Gasteiger partial charge is 0.497 e. The lowest BCUT2D eigenvalue weighted by Crippen LogP contribution is -2.13. The van der Waals surface area contributed by atoms with Crippen LogP contribution in [0.1, 0.15) is 15.4 Å². The van der Waals surface area contributed by atoms with Crippen LogP contribution < -0.4 is 15.8 Å². The van der Waals surface area contributed by atoms with Crippen molar-refractivity contribution >= 4 is 17.0 Å². The van der Waals surface area contributed by atoms with Crippen LogP contribution in [0.3, 0.4) is 0 Å². The van der Waals surface area contributed by atoms with Crippen molar-refractivity contribution in [2.45, 2.75) is 20.0 Å². The summed E-state index contributed by atoms with van der Waals surface area (Å²) in [7, 11) is 1.64. The fraction of sp³-hybridized carbons (Fsp3) is 0.308. The van der Waals surface area contributed by atoms with E-state index in [1.165, 1.54) is 4.88 Å². The van der Waals surface area contributed by atoms with Gasteiger partial charge in [0.2, 0.25) is 0 Å². The van der Waals surface area contributed by atoms with E-state index < -0.39 is 0 Å². The Balaban J connectivity index is 1.90. The van der Waals surface area contributed by atoms with Gasteiger partial charge >= 0.3 is 0 Å². The van der Waals surface area contributed by atoms with E-state index in [1.807, 2.05) is 24.4 Å². The molecular formula is C13H17N3OS. The Morgan fingerprint density at radius 2 is 2.22 bits per heavy atom. The number of rotatable bonds is 5. The van der Waals surface area contributed by atoms with Gasteiger partial charge in [0.15, 0.2) is 0 Å². The minimum Gasteiger partial charge on any atom is -0.497 e. The van der Waals surface area contributed by atoms with Crippen molar-refractivity contribution in [3.8, 4) is 5.75 Å².